The second-order valence-corrected chi connectivity index (χ2v) is 6.03. The molecule has 1 aromatic carbocycles. The summed E-state index contributed by atoms with van der Waals surface area (Å²) < 4.78 is 11.0. The van der Waals surface area contributed by atoms with Crippen LogP contribution in [0.1, 0.15) is 11.7 Å². The lowest BCUT2D eigenvalue weighted by atomic mass is 10.1. The van der Waals surface area contributed by atoms with Crippen molar-refractivity contribution >= 4 is 5.82 Å². The minimum Gasteiger partial charge on any atom is -0.497 e. The lowest BCUT2D eigenvalue weighted by Crippen LogP contribution is -2.46. The lowest BCUT2D eigenvalue weighted by Gasteiger charge is -2.34. The Kier molecular flexibility index (Phi) is 6.16. The summed E-state index contributed by atoms with van der Waals surface area (Å²) in [6.07, 6.45) is 1.14. The summed E-state index contributed by atoms with van der Waals surface area (Å²) >= 11 is 0. The van der Waals surface area contributed by atoms with Crippen LogP contribution >= 0.6 is 0 Å². The predicted molar refractivity (Wildman–Crippen MR) is 94.7 cm³/mol. The van der Waals surface area contributed by atoms with E-state index in [1.807, 2.05) is 36.4 Å². The van der Waals surface area contributed by atoms with Gasteiger partial charge in [-0.2, -0.15) is 5.10 Å². The predicted octanol–water partition coefficient (Wildman–Crippen LogP) is 1.33. The third-order valence-corrected chi connectivity index (χ3v) is 4.22. The fraction of sp³-hybridized carbons (Fsp3) is 0.444. The highest BCUT2D eigenvalue weighted by molar-refractivity contribution is 5.31. The standard InChI is InChI=1S/C18H24N4O3/c1-24-15-5-2-4-14(10-15)17(23)13-22-8-9-25-16(12-22)11-19-18-6-3-7-20-21-18/h2-7,10,16-17,23H,8-9,11-13H2,1H3,(H,19,21)/t16-,17-/m1/s1. The van der Waals surface area contributed by atoms with Crippen LogP contribution in [0.5, 0.6) is 5.75 Å². The van der Waals surface area contributed by atoms with Gasteiger partial charge in [0.1, 0.15) is 11.6 Å². The number of morpholine rings is 1. The number of aliphatic hydroxyl groups is 1. The van der Waals surface area contributed by atoms with Gasteiger partial charge in [0.2, 0.25) is 0 Å². The maximum atomic E-state index is 10.5. The van der Waals surface area contributed by atoms with E-state index in [0.717, 1.165) is 30.2 Å². The van der Waals surface area contributed by atoms with Gasteiger partial charge in [0, 0.05) is 32.4 Å². The third kappa shape index (κ3) is 5.12. The molecule has 0 radical (unpaired) electrons. The number of β-amino-alcohol motifs (C(OH)–C–C–N with tert-alkyl or cyclic N) is 1. The Morgan fingerprint density at radius 3 is 3.12 bits per heavy atom. The second-order valence-electron chi connectivity index (χ2n) is 6.03. The monoisotopic (exact) mass is 344 g/mol. The molecule has 1 aromatic heterocycles. The number of methoxy groups -OCH3 is 1. The molecule has 2 atom stereocenters. The van der Waals surface area contributed by atoms with Gasteiger partial charge in [0.05, 0.1) is 25.9 Å². The Morgan fingerprint density at radius 2 is 2.32 bits per heavy atom. The number of rotatable bonds is 7. The van der Waals surface area contributed by atoms with Crippen LogP contribution in [-0.2, 0) is 4.74 Å². The maximum Gasteiger partial charge on any atom is 0.148 e. The Balaban J connectivity index is 1.50. The minimum absolute atomic E-state index is 0.0493. The van der Waals surface area contributed by atoms with Crippen molar-refractivity contribution in [1.82, 2.24) is 15.1 Å². The number of ether oxygens (including phenoxy) is 2. The van der Waals surface area contributed by atoms with Crippen molar-refractivity contribution in [2.24, 2.45) is 0 Å². The van der Waals surface area contributed by atoms with Crippen LogP contribution in [0.4, 0.5) is 5.82 Å². The van der Waals surface area contributed by atoms with Crippen LogP contribution in [0.3, 0.4) is 0 Å². The molecule has 2 heterocycles. The molecule has 25 heavy (non-hydrogen) atoms. The summed E-state index contributed by atoms with van der Waals surface area (Å²) in [6, 6.07) is 11.3. The van der Waals surface area contributed by atoms with E-state index in [1.165, 1.54) is 0 Å². The van der Waals surface area contributed by atoms with E-state index < -0.39 is 6.10 Å². The molecule has 0 amide bonds. The van der Waals surface area contributed by atoms with Gasteiger partial charge in [-0.3, -0.25) is 4.90 Å². The van der Waals surface area contributed by atoms with Crippen LogP contribution in [0.25, 0.3) is 0 Å². The Labute approximate surface area is 147 Å². The molecule has 1 saturated heterocycles. The van der Waals surface area contributed by atoms with Crippen LogP contribution < -0.4 is 10.1 Å². The van der Waals surface area contributed by atoms with E-state index in [-0.39, 0.29) is 6.10 Å². The van der Waals surface area contributed by atoms with Gasteiger partial charge in [-0.1, -0.05) is 12.1 Å². The molecule has 0 bridgehead atoms. The zero-order valence-corrected chi connectivity index (χ0v) is 14.3. The molecule has 2 N–H and O–H groups in total. The van der Waals surface area contributed by atoms with E-state index >= 15 is 0 Å². The number of aliphatic hydroxyl groups excluding tert-OH is 1. The summed E-state index contributed by atoms with van der Waals surface area (Å²) in [7, 11) is 1.63. The number of hydrogen-bond donors (Lipinski definition) is 2. The van der Waals surface area contributed by atoms with Gasteiger partial charge in [-0.25, -0.2) is 0 Å². The van der Waals surface area contributed by atoms with Crippen molar-refractivity contribution in [3.05, 3.63) is 48.2 Å². The highest BCUT2D eigenvalue weighted by Gasteiger charge is 2.23. The van der Waals surface area contributed by atoms with Crippen molar-refractivity contribution in [2.45, 2.75) is 12.2 Å². The summed E-state index contributed by atoms with van der Waals surface area (Å²) in [5.41, 5.74) is 0.861. The number of aromatic nitrogens is 2. The van der Waals surface area contributed by atoms with E-state index in [9.17, 15) is 5.11 Å². The largest absolute Gasteiger partial charge is 0.497 e. The molecule has 0 spiro atoms. The molecular formula is C18H24N4O3. The fourth-order valence-electron chi connectivity index (χ4n) is 2.88. The molecule has 0 unspecified atom stereocenters. The van der Waals surface area contributed by atoms with Gasteiger partial charge in [0.15, 0.2) is 0 Å². The molecule has 7 heteroatoms. The summed E-state index contributed by atoms with van der Waals surface area (Å²) in [4.78, 5) is 2.22. The fourth-order valence-corrected chi connectivity index (χ4v) is 2.88. The quantitative estimate of drug-likeness (QED) is 0.784. The first-order valence-electron chi connectivity index (χ1n) is 8.42. The lowest BCUT2D eigenvalue weighted by molar-refractivity contribution is -0.0344. The molecule has 7 nitrogen and oxygen atoms in total. The number of hydrogen-bond acceptors (Lipinski definition) is 7. The molecular weight excluding hydrogens is 320 g/mol. The number of benzene rings is 1. The Morgan fingerprint density at radius 1 is 1.40 bits per heavy atom. The SMILES string of the molecule is COc1cccc([C@H](O)CN2CCO[C@H](CNc3cccnn3)C2)c1. The van der Waals surface area contributed by atoms with Crippen LogP contribution in [0.15, 0.2) is 42.6 Å². The average Bonchev–Trinajstić information content (AvgIpc) is 2.67. The zero-order valence-electron chi connectivity index (χ0n) is 14.3. The molecule has 3 rings (SSSR count). The van der Waals surface area contributed by atoms with Gasteiger partial charge in [-0.05, 0) is 29.8 Å². The van der Waals surface area contributed by atoms with E-state index in [0.29, 0.717) is 19.7 Å². The summed E-state index contributed by atoms with van der Waals surface area (Å²) in [6.45, 7) is 3.44. The van der Waals surface area contributed by atoms with Gasteiger partial charge in [0.25, 0.3) is 0 Å². The van der Waals surface area contributed by atoms with E-state index in [1.54, 1.807) is 13.3 Å². The van der Waals surface area contributed by atoms with Gasteiger partial charge < -0.3 is 19.9 Å². The van der Waals surface area contributed by atoms with Crippen molar-refractivity contribution in [3.8, 4) is 5.75 Å². The number of anilines is 1. The first-order valence-corrected chi connectivity index (χ1v) is 8.42. The van der Waals surface area contributed by atoms with Crippen molar-refractivity contribution in [1.29, 1.82) is 0 Å². The molecule has 134 valence electrons. The Hall–Kier alpha value is -2.22. The smallest absolute Gasteiger partial charge is 0.148 e. The number of nitrogens with zero attached hydrogens (tertiary/aromatic N) is 3. The highest BCUT2D eigenvalue weighted by Crippen LogP contribution is 2.20. The minimum atomic E-state index is -0.554. The average molecular weight is 344 g/mol. The van der Waals surface area contributed by atoms with Gasteiger partial charge >= 0.3 is 0 Å². The maximum absolute atomic E-state index is 10.5. The molecule has 1 fully saturated rings. The van der Waals surface area contributed by atoms with E-state index in [2.05, 4.69) is 20.4 Å². The Bertz CT molecular complexity index is 656. The topological polar surface area (TPSA) is 79.7 Å². The first-order chi connectivity index (χ1) is 12.2. The molecule has 0 saturated carbocycles. The highest BCUT2D eigenvalue weighted by atomic mass is 16.5. The molecule has 1 aliphatic rings. The van der Waals surface area contributed by atoms with Crippen molar-refractivity contribution in [3.63, 3.8) is 0 Å². The van der Waals surface area contributed by atoms with Crippen LogP contribution in [0, 0.1) is 0 Å². The van der Waals surface area contributed by atoms with Gasteiger partial charge in [-0.15, -0.1) is 5.10 Å². The van der Waals surface area contributed by atoms with Crippen molar-refractivity contribution in [2.75, 3.05) is 45.2 Å². The normalized spacial score (nSPS) is 19.4. The summed E-state index contributed by atoms with van der Waals surface area (Å²) in [5, 5.41) is 21.6. The van der Waals surface area contributed by atoms with E-state index in [4.69, 9.17) is 9.47 Å². The zero-order chi connectivity index (χ0) is 17.5. The third-order valence-electron chi connectivity index (χ3n) is 4.22. The second kappa shape index (κ2) is 8.75. The first kappa shape index (κ1) is 17.6. The summed E-state index contributed by atoms with van der Waals surface area (Å²) in [5.74, 6) is 1.49. The molecule has 1 aliphatic heterocycles. The number of nitrogens with one attached hydrogen (secondary N) is 1. The van der Waals surface area contributed by atoms with Crippen LogP contribution in [0.2, 0.25) is 0 Å². The van der Waals surface area contributed by atoms with Crippen molar-refractivity contribution < 1.29 is 14.6 Å². The van der Waals surface area contributed by atoms with Crippen LogP contribution in [-0.4, -0.2) is 66.2 Å². The molecule has 2 aromatic rings. The molecule has 0 aliphatic carbocycles.